The Morgan fingerprint density at radius 1 is 1.00 bits per heavy atom. The van der Waals surface area contributed by atoms with Crippen LogP contribution in [-0.4, -0.2) is 74.6 Å². The van der Waals surface area contributed by atoms with Crippen molar-refractivity contribution in [3.8, 4) is 11.5 Å². The molecule has 0 unspecified atom stereocenters. The van der Waals surface area contributed by atoms with E-state index in [4.69, 9.17) is 9.47 Å². The molecule has 2 aromatic rings. The summed E-state index contributed by atoms with van der Waals surface area (Å²) in [5.74, 6) is 1.21. The van der Waals surface area contributed by atoms with Gasteiger partial charge in [0.25, 0.3) is 11.8 Å². The first-order valence-electron chi connectivity index (χ1n) is 15.5. The highest BCUT2D eigenvalue weighted by atomic mass is 16.5. The summed E-state index contributed by atoms with van der Waals surface area (Å²) in [7, 11) is 0. The number of rotatable bonds is 4. The number of para-hydroxylation sites is 1. The lowest BCUT2D eigenvalue weighted by molar-refractivity contribution is -0.135. The lowest BCUT2D eigenvalue weighted by atomic mass is 9.73. The fourth-order valence-electron chi connectivity index (χ4n) is 6.34. The second-order valence-corrected chi connectivity index (χ2v) is 11.8. The Bertz CT molecular complexity index is 1270. The minimum Gasteiger partial charge on any atom is -0.492 e. The van der Waals surface area contributed by atoms with Gasteiger partial charge in [0.2, 0.25) is 5.91 Å². The second-order valence-electron chi connectivity index (χ2n) is 11.8. The second kappa shape index (κ2) is 13.5. The highest BCUT2D eigenvalue weighted by Crippen LogP contribution is 2.38. The van der Waals surface area contributed by atoms with Crippen molar-refractivity contribution in [1.82, 2.24) is 15.5 Å². The average molecular weight is 577 g/mol. The summed E-state index contributed by atoms with van der Waals surface area (Å²) in [6.45, 7) is 8.24. The van der Waals surface area contributed by atoms with Gasteiger partial charge in [0.15, 0.2) is 0 Å². The van der Waals surface area contributed by atoms with Crippen molar-refractivity contribution >= 4 is 23.4 Å². The molecular weight excluding hydrogens is 532 g/mol. The molecule has 0 aromatic heterocycles. The number of amides is 3. The highest BCUT2D eigenvalue weighted by molar-refractivity contribution is 5.97. The number of carbonyl (C=O) groups excluding carboxylic acids is 3. The van der Waals surface area contributed by atoms with Crippen LogP contribution in [0.4, 0.5) is 5.69 Å². The molecule has 226 valence electrons. The zero-order valence-corrected chi connectivity index (χ0v) is 25.0. The standard InChI is InChI=1S/C33H44N4O5/c1-3-41-29-13-12-25(22-27(29)36-18-8-9-19-36)31(39)37-20-15-33(16-21-37)14-6-7-17-34-30(38)26-10-4-5-11-28(26)42-23-24(2)35-32(33)40/h4-5,10-13,22,24H,3,6-9,14-21,23H2,1-2H3,(H,34,38)(H,35,40)/t24-/m1/s1. The summed E-state index contributed by atoms with van der Waals surface area (Å²) in [5.41, 5.74) is 1.59. The third-order valence-corrected chi connectivity index (χ3v) is 8.81. The highest BCUT2D eigenvalue weighted by Gasteiger charge is 2.42. The monoisotopic (exact) mass is 576 g/mol. The Morgan fingerprint density at radius 2 is 1.76 bits per heavy atom. The molecule has 9 heteroatoms. The Kier molecular flexibility index (Phi) is 9.55. The van der Waals surface area contributed by atoms with Crippen LogP contribution < -0.4 is 25.0 Å². The third kappa shape index (κ3) is 6.66. The summed E-state index contributed by atoms with van der Waals surface area (Å²) >= 11 is 0. The molecule has 3 aliphatic heterocycles. The summed E-state index contributed by atoms with van der Waals surface area (Å²) in [6, 6.07) is 12.7. The van der Waals surface area contributed by atoms with E-state index in [-0.39, 0.29) is 30.4 Å². The van der Waals surface area contributed by atoms with Crippen molar-refractivity contribution in [2.75, 3.05) is 50.8 Å². The van der Waals surface area contributed by atoms with E-state index in [2.05, 4.69) is 15.5 Å². The molecule has 0 radical (unpaired) electrons. The first-order chi connectivity index (χ1) is 20.4. The fourth-order valence-corrected chi connectivity index (χ4v) is 6.34. The van der Waals surface area contributed by atoms with Crippen LogP contribution in [0.15, 0.2) is 42.5 Å². The van der Waals surface area contributed by atoms with Gasteiger partial charge < -0.3 is 29.9 Å². The fraction of sp³-hybridized carbons (Fsp3) is 0.545. The Morgan fingerprint density at radius 3 is 2.52 bits per heavy atom. The summed E-state index contributed by atoms with van der Waals surface area (Å²) in [5, 5.41) is 6.18. The van der Waals surface area contributed by atoms with Crippen LogP contribution in [-0.2, 0) is 4.79 Å². The number of fused-ring (bicyclic) bond motifs is 1. The number of piperidine rings is 1. The number of hydrogen-bond donors (Lipinski definition) is 2. The van der Waals surface area contributed by atoms with Gasteiger partial charge in [-0.05, 0) is 82.7 Å². The van der Waals surface area contributed by atoms with E-state index >= 15 is 0 Å². The molecule has 3 heterocycles. The number of hydrogen-bond acceptors (Lipinski definition) is 6. The van der Waals surface area contributed by atoms with Crippen molar-refractivity contribution < 1.29 is 23.9 Å². The van der Waals surface area contributed by atoms with E-state index in [9.17, 15) is 14.4 Å². The Balaban J connectivity index is 1.27. The van der Waals surface area contributed by atoms with Crippen LogP contribution in [0.1, 0.15) is 79.5 Å². The third-order valence-electron chi connectivity index (χ3n) is 8.81. The van der Waals surface area contributed by atoms with Gasteiger partial charge in [0.05, 0.1) is 29.3 Å². The van der Waals surface area contributed by atoms with Gasteiger partial charge in [-0.25, -0.2) is 0 Å². The van der Waals surface area contributed by atoms with Gasteiger partial charge in [-0.15, -0.1) is 0 Å². The number of anilines is 1. The summed E-state index contributed by atoms with van der Waals surface area (Å²) in [6.07, 6.45) is 5.78. The molecule has 1 spiro atoms. The van der Waals surface area contributed by atoms with Gasteiger partial charge in [0, 0.05) is 38.3 Å². The maximum absolute atomic E-state index is 13.7. The first-order valence-corrected chi connectivity index (χ1v) is 15.5. The smallest absolute Gasteiger partial charge is 0.255 e. The molecular formula is C33H44N4O5. The van der Waals surface area contributed by atoms with E-state index in [0.29, 0.717) is 62.4 Å². The van der Waals surface area contributed by atoms with Crippen molar-refractivity contribution in [2.45, 2.75) is 64.8 Å². The van der Waals surface area contributed by atoms with E-state index < -0.39 is 5.41 Å². The molecule has 0 saturated carbocycles. The number of benzene rings is 2. The zero-order chi connectivity index (χ0) is 29.5. The van der Waals surface area contributed by atoms with E-state index in [1.54, 1.807) is 12.1 Å². The van der Waals surface area contributed by atoms with E-state index in [1.807, 2.05) is 49.1 Å². The topological polar surface area (TPSA) is 100 Å². The molecule has 2 N–H and O–H groups in total. The first kappa shape index (κ1) is 29.7. The zero-order valence-electron chi connectivity index (χ0n) is 25.0. The maximum Gasteiger partial charge on any atom is 0.255 e. The van der Waals surface area contributed by atoms with Crippen LogP contribution in [0.3, 0.4) is 0 Å². The van der Waals surface area contributed by atoms with Gasteiger partial charge in [-0.2, -0.15) is 0 Å². The molecule has 9 nitrogen and oxygen atoms in total. The molecule has 3 aliphatic rings. The Labute approximate surface area is 248 Å². The molecule has 5 rings (SSSR count). The van der Waals surface area contributed by atoms with Crippen LogP contribution in [0.2, 0.25) is 0 Å². The van der Waals surface area contributed by atoms with E-state index in [0.717, 1.165) is 50.2 Å². The number of nitrogens with zero attached hydrogens (tertiary/aromatic N) is 2. The van der Waals surface area contributed by atoms with Crippen molar-refractivity contribution in [3.63, 3.8) is 0 Å². The van der Waals surface area contributed by atoms with Crippen LogP contribution in [0, 0.1) is 5.41 Å². The minimum atomic E-state index is -0.559. The maximum atomic E-state index is 13.7. The Hall–Kier alpha value is -3.75. The predicted molar refractivity (Wildman–Crippen MR) is 162 cm³/mol. The number of nitrogens with one attached hydrogen (secondary N) is 2. The summed E-state index contributed by atoms with van der Waals surface area (Å²) in [4.78, 5) is 44.4. The van der Waals surface area contributed by atoms with Gasteiger partial charge in [-0.3, -0.25) is 14.4 Å². The van der Waals surface area contributed by atoms with Gasteiger partial charge in [0.1, 0.15) is 18.1 Å². The number of ether oxygens (including phenoxy) is 2. The molecule has 3 amide bonds. The van der Waals surface area contributed by atoms with Crippen molar-refractivity contribution in [3.05, 3.63) is 53.6 Å². The van der Waals surface area contributed by atoms with Gasteiger partial charge >= 0.3 is 0 Å². The quantitative estimate of drug-likeness (QED) is 0.560. The van der Waals surface area contributed by atoms with Crippen LogP contribution in [0.25, 0.3) is 0 Å². The van der Waals surface area contributed by atoms with Crippen LogP contribution >= 0.6 is 0 Å². The molecule has 42 heavy (non-hydrogen) atoms. The lowest BCUT2D eigenvalue weighted by Crippen LogP contribution is -2.52. The lowest BCUT2D eigenvalue weighted by Gasteiger charge is -2.41. The largest absolute Gasteiger partial charge is 0.492 e. The van der Waals surface area contributed by atoms with E-state index in [1.165, 1.54) is 0 Å². The van der Waals surface area contributed by atoms with Crippen molar-refractivity contribution in [1.29, 1.82) is 0 Å². The average Bonchev–Trinajstić information content (AvgIpc) is 3.55. The molecule has 1 atom stereocenters. The molecule has 2 fully saturated rings. The number of likely N-dealkylation sites (tertiary alicyclic amines) is 1. The normalized spacial score (nSPS) is 21.5. The molecule has 2 aromatic carbocycles. The SMILES string of the molecule is CCOc1ccc(C(=O)N2CCC3(CCCCNC(=O)c4ccccc4OC[C@@H](C)NC3=O)CC2)cc1N1CCCC1. The summed E-state index contributed by atoms with van der Waals surface area (Å²) < 4.78 is 11.8. The minimum absolute atomic E-state index is 0.00205. The molecule has 0 bridgehead atoms. The van der Waals surface area contributed by atoms with Crippen molar-refractivity contribution in [2.24, 2.45) is 5.41 Å². The predicted octanol–water partition coefficient (Wildman–Crippen LogP) is 4.41. The molecule has 0 aliphatic carbocycles. The van der Waals surface area contributed by atoms with Crippen LogP contribution in [0.5, 0.6) is 11.5 Å². The molecule has 2 saturated heterocycles. The van der Waals surface area contributed by atoms with Gasteiger partial charge in [-0.1, -0.05) is 18.6 Å². The number of carbonyl (C=O) groups is 3.